The van der Waals surface area contributed by atoms with Crippen LogP contribution in [0.3, 0.4) is 0 Å². The molecular weight excluding hydrogens is 253 g/mol. The summed E-state index contributed by atoms with van der Waals surface area (Å²) in [6, 6.07) is 3.65. The standard InChI is InChI=1S/C13H16FNO4/c1-8(2)15-12(16)7-19-13(17)9-4-5-11(18-3)10(14)6-9/h4-6,8H,7H2,1-3H3,(H,15,16). The lowest BCUT2D eigenvalue weighted by Gasteiger charge is -2.09. The van der Waals surface area contributed by atoms with Gasteiger partial charge in [-0.1, -0.05) is 0 Å². The zero-order valence-electron chi connectivity index (χ0n) is 11.0. The Labute approximate surface area is 110 Å². The van der Waals surface area contributed by atoms with Crippen LogP contribution in [0.5, 0.6) is 5.75 Å². The van der Waals surface area contributed by atoms with Crippen molar-refractivity contribution < 1.29 is 23.5 Å². The minimum atomic E-state index is -0.763. The first kappa shape index (κ1) is 14.9. The zero-order chi connectivity index (χ0) is 14.4. The van der Waals surface area contributed by atoms with Gasteiger partial charge in [0.05, 0.1) is 12.7 Å². The second-order valence-corrected chi connectivity index (χ2v) is 4.15. The number of methoxy groups -OCH3 is 1. The molecule has 5 nitrogen and oxygen atoms in total. The molecule has 1 aromatic rings. The molecule has 0 radical (unpaired) electrons. The summed E-state index contributed by atoms with van der Waals surface area (Å²) in [5, 5.41) is 2.57. The van der Waals surface area contributed by atoms with Gasteiger partial charge in [-0.05, 0) is 32.0 Å². The molecule has 0 saturated carbocycles. The number of halogens is 1. The van der Waals surface area contributed by atoms with Crippen LogP contribution < -0.4 is 10.1 Å². The van der Waals surface area contributed by atoms with Gasteiger partial charge in [0.2, 0.25) is 0 Å². The molecule has 0 spiro atoms. The normalized spacial score (nSPS) is 10.2. The van der Waals surface area contributed by atoms with Gasteiger partial charge in [0.1, 0.15) is 0 Å². The molecule has 0 atom stereocenters. The first-order valence-corrected chi connectivity index (χ1v) is 5.74. The largest absolute Gasteiger partial charge is 0.494 e. The summed E-state index contributed by atoms with van der Waals surface area (Å²) in [5.41, 5.74) is 0.0237. The maximum atomic E-state index is 13.4. The summed E-state index contributed by atoms with van der Waals surface area (Å²) in [6.07, 6.45) is 0. The fraction of sp³-hybridized carbons (Fsp3) is 0.385. The number of carbonyl (C=O) groups is 2. The Morgan fingerprint density at radius 1 is 1.37 bits per heavy atom. The predicted octanol–water partition coefficient (Wildman–Crippen LogP) is 1.52. The van der Waals surface area contributed by atoms with Gasteiger partial charge in [-0.25, -0.2) is 9.18 Å². The van der Waals surface area contributed by atoms with Gasteiger partial charge in [0.15, 0.2) is 18.2 Å². The van der Waals surface area contributed by atoms with Crippen LogP contribution in [-0.4, -0.2) is 31.6 Å². The molecule has 1 aromatic carbocycles. The van der Waals surface area contributed by atoms with E-state index in [1.54, 1.807) is 13.8 Å². The maximum Gasteiger partial charge on any atom is 0.338 e. The van der Waals surface area contributed by atoms with Gasteiger partial charge in [-0.2, -0.15) is 0 Å². The zero-order valence-corrected chi connectivity index (χ0v) is 11.0. The highest BCUT2D eigenvalue weighted by Gasteiger charge is 2.13. The smallest absolute Gasteiger partial charge is 0.338 e. The van der Waals surface area contributed by atoms with E-state index in [9.17, 15) is 14.0 Å². The van der Waals surface area contributed by atoms with Gasteiger partial charge in [-0.3, -0.25) is 4.79 Å². The predicted molar refractivity (Wildman–Crippen MR) is 66.5 cm³/mol. The van der Waals surface area contributed by atoms with E-state index < -0.39 is 24.3 Å². The lowest BCUT2D eigenvalue weighted by Crippen LogP contribution is -2.33. The van der Waals surface area contributed by atoms with E-state index in [0.29, 0.717) is 0 Å². The van der Waals surface area contributed by atoms with E-state index in [4.69, 9.17) is 9.47 Å². The van der Waals surface area contributed by atoms with E-state index in [-0.39, 0.29) is 17.4 Å². The molecule has 0 saturated heterocycles. The van der Waals surface area contributed by atoms with Crippen molar-refractivity contribution in [3.8, 4) is 5.75 Å². The number of hydrogen-bond donors (Lipinski definition) is 1. The van der Waals surface area contributed by atoms with Gasteiger partial charge in [0, 0.05) is 6.04 Å². The topological polar surface area (TPSA) is 64.6 Å². The van der Waals surface area contributed by atoms with E-state index >= 15 is 0 Å². The Morgan fingerprint density at radius 2 is 2.05 bits per heavy atom. The Morgan fingerprint density at radius 3 is 2.58 bits per heavy atom. The monoisotopic (exact) mass is 269 g/mol. The Kier molecular flexibility index (Phi) is 5.29. The quantitative estimate of drug-likeness (QED) is 0.823. The first-order valence-electron chi connectivity index (χ1n) is 5.74. The molecule has 0 bridgehead atoms. The summed E-state index contributed by atoms with van der Waals surface area (Å²) in [6.45, 7) is 3.18. The summed E-state index contributed by atoms with van der Waals surface area (Å²) >= 11 is 0. The molecule has 1 N–H and O–H groups in total. The number of ether oxygens (including phenoxy) is 2. The summed E-state index contributed by atoms with van der Waals surface area (Å²) in [4.78, 5) is 22.9. The number of esters is 1. The minimum absolute atomic E-state index is 0.0237. The maximum absolute atomic E-state index is 13.4. The van der Waals surface area contributed by atoms with Crippen molar-refractivity contribution in [3.63, 3.8) is 0 Å². The number of hydrogen-bond acceptors (Lipinski definition) is 4. The average molecular weight is 269 g/mol. The van der Waals surface area contributed by atoms with Gasteiger partial charge in [-0.15, -0.1) is 0 Å². The fourth-order valence-corrected chi connectivity index (χ4v) is 1.37. The average Bonchev–Trinajstić information content (AvgIpc) is 2.35. The third-order valence-corrected chi connectivity index (χ3v) is 2.17. The molecule has 0 unspecified atom stereocenters. The van der Waals surface area contributed by atoms with Crippen LogP contribution in [0.15, 0.2) is 18.2 Å². The van der Waals surface area contributed by atoms with Crippen molar-refractivity contribution in [2.75, 3.05) is 13.7 Å². The molecule has 104 valence electrons. The highest BCUT2D eigenvalue weighted by Crippen LogP contribution is 2.18. The summed E-state index contributed by atoms with van der Waals surface area (Å²) in [5.74, 6) is -1.80. The minimum Gasteiger partial charge on any atom is -0.494 e. The van der Waals surface area contributed by atoms with Crippen molar-refractivity contribution >= 4 is 11.9 Å². The summed E-state index contributed by atoms with van der Waals surface area (Å²) in [7, 11) is 1.33. The van der Waals surface area contributed by atoms with E-state index in [0.717, 1.165) is 6.07 Å². The summed E-state index contributed by atoms with van der Waals surface area (Å²) < 4.78 is 22.9. The van der Waals surface area contributed by atoms with Crippen LogP contribution in [0.4, 0.5) is 4.39 Å². The molecule has 19 heavy (non-hydrogen) atoms. The number of benzene rings is 1. The van der Waals surface area contributed by atoms with E-state index in [2.05, 4.69) is 5.32 Å². The van der Waals surface area contributed by atoms with E-state index in [1.165, 1.54) is 19.2 Å². The molecule has 0 aliphatic carbocycles. The highest BCUT2D eigenvalue weighted by atomic mass is 19.1. The Bertz CT molecular complexity index is 474. The van der Waals surface area contributed by atoms with Crippen LogP contribution in [0.25, 0.3) is 0 Å². The fourth-order valence-electron chi connectivity index (χ4n) is 1.37. The molecule has 1 amide bonds. The molecule has 1 rings (SSSR count). The van der Waals surface area contributed by atoms with Crippen LogP contribution in [0.1, 0.15) is 24.2 Å². The first-order chi connectivity index (χ1) is 8.93. The second-order valence-electron chi connectivity index (χ2n) is 4.15. The number of carbonyl (C=O) groups excluding carboxylic acids is 2. The third kappa shape index (κ3) is 4.57. The van der Waals surface area contributed by atoms with Crippen LogP contribution in [0, 0.1) is 5.82 Å². The SMILES string of the molecule is COc1ccc(C(=O)OCC(=O)NC(C)C)cc1F. The van der Waals surface area contributed by atoms with Gasteiger partial charge < -0.3 is 14.8 Å². The second kappa shape index (κ2) is 6.72. The van der Waals surface area contributed by atoms with Crippen LogP contribution in [0.2, 0.25) is 0 Å². The molecular formula is C13H16FNO4. The lowest BCUT2D eigenvalue weighted by molar-refractivity contribution is -0.124. The van der Waals surface area contributed by atoms with Gasteiger partial charge in [0.25, 0.3) is 5.91 Å². The molecule has 0 heterocycles. The van der Waals surface area contributed by atoms with E-state index in [1.807, 2.05) is 0 Å². The molecule has 0 fully saturated rings. The number of rotatable bonds is 5. The Balaban J connectivity index is 2.59. The van der Waals surface area contributed by atoms with Gasteiger partial charge >= 0.3 is 5.97 Å². The van der Waals surface area contributed by atoms with Crippen molar-refractivity contribution in [1.29, 1.82) is 0 Å². The number of amides is 1. The molecule has 0 aromatic heterocycles. The molecule has 0 aliphatic rings. The van der Waals surface area contributed by atoms with Crippen LogP contribution >= 0.6 is 0 Å². The Hall–Kier alpha value is -2.11. The van der Waals surface area contributed by atoms with Crippen molar-refractivity contribution in [2.45, 2.75) is 19.9 Å². The number of nitrogens with one attached hydrogen (secondary N) is 1. The lowest BCUT2D eigenvalue weighted by atomic mass is 10.2. The van der Waals surface area contributed by atoms with Crippen molar-refractivity contribution in [1.82, 2.24) is 5.32 Å². The highest BCUT2D eigenvalue weighted by molar-refractivity contribution is 5.91. The van der Waals surface area contributed by atoms with Crippen molar-refractivity contribution in [2.24, 2.45) is 0 Å². The molecule has 6 heteroatoms. The van der Waals surface area contributed by atoms with Crippen molar-refractivity contribution in [3.05, 3.63) is 29.6 Å². The molecule has 0 aliphatic heterocycles. The third-order valence-electron chi connectivity index (χ3n) is 2.17. The van der Waals surface area contributed by atoms with Crippen LogP contribution in [-0.2, 0) is 9.53 Å².